The van der Waals surface area contributed by atoms with Gasteiger partial charge in [0.1, 0.15) is 6.23 Å². The summed E-state index contributed by atoms with van der Waals surface area (Å²) in [6, 6.07) is 5.63. The predicted octanol–water partition coefficient (Wildman–Crippen LogP) is 5.64. The van der Waals surface area contributed by atoms with Crippen molar-refractivity contribution < 1.29 is 18.1 Å². The Morgan fingerprint density at radius 2 is 1.54 bits per heavy atom. The predicted molar refractivity (Wildman–Crippen MR) is 143 cm³/mol. The number of aliphatic hydroxyl groups is 1. The molecule has 5 aliphatic heterocycles. The van der Waals surface area contributed by atoms with E-state index in [4.69, 9.17) is 8.83 Å². The molecule has 2 aromatic heterocycles. The van der Waals surface area contributed by atoms with Crippen LogP contribution in [0, 0.1) is 17.3 Å². The van der Waals surface area contributed by atoms with E-state index in [-0.39, 0.29) is 16.2 Å². The van der Waals surface area contributed by atoms with E-state index in [2.05, 4.69) is 35.8 Å². The van der Waals surface area contributed by atoms with Gasteiger partial charge < -0.3 is 13.9 Å². The van der Waals surface area contributed by atoms with Gasteiger partial charge in [0.05, 0.1) is 29.8 Å². The van der Waals surface area contributed by atoms with Crippen LogP contribution in [0.4, 0.5) is 0 Å². The second-order valence-corrected chi connectivity index (χ2v) is 15.0. The minimum atomic E-state index is -0.953. The van der Waals surface area contributed by atoms with Crippen LogP contribution in [-0.4, -0.2) is 54.5 Å². The van der Waals surface area contributed by atoms with Gasteiger partial charge in [0, 0.05) is 63.8 Å². The highest BCUT2D eigenvalue weighted by molar-refractivity contribution is 7.86. The molecule has 0 aliphatic carbocycles. The largest absolute Gasteiger partial charge is 0.472 e. The van der Waals surface area contributed by atoms with Crippen LogP contribution in [0.5, 0.6) is 0 Å². The Morgan fingerprint density at radius 1 is 0.892 bits per heavy atom. The highest BCUT2D eigenvalue weighted by Gasteiger charge is 2.63. The molecule has 0 unspecified atom stereocenters. The van der Waals surface area contributed by atoms with Crippen molar-refractivity contribution in [3.63, 3.8) is 0 Å². The van der Waals surface area contributed by atoms with Crippen LogP contribution < -0.4 is 0 Å². The monoisotopic (exact) mass is 526 g/mol. The fraction of sp³-hybridized carbons (Fsp3) is 0.733. The lowest BCUT2D eigenvalue weighted by Crippen LogP contribution is -2.62. The van der Waals surface area contributed by atoms with E-state index in [9.17, 15) is 9.32 Å². The Labute approximate surface area is 223 Å². The van der Waals surface area contributed by atoms with Crippen molar-refractivity contribution in [2.75, 3.05) is 12.3 Å². The van der Waals surface area contributed by atoms with Crippen LogP contribution in [0.25, 0.3) is 0 Å². The maximum atomic E-state index is 14.2. The summed E-state index contributed by atoms with van der Waals surface area (Å²) in [7, 11) is -0.953. The van der Waals surface area contributed by atoms with Crippen molar-refractivity contribution in [3.8, 4) is 0 Å². The minimum absolute atomic E-state index is 0.182. The first-order valence-electron chi connectivity index (χ1n) is 14.5. The third-order valence-electron chi connectivity index (χ3n) is 11.2. The Kier molecular flexibility index (Phi) is 6.04. The summed E-state index contributed by atoms with van der Waals surface area (Å²) < 4.78 is 24.9. The maximum Gasteiger partial charge on any atom is 0.114 e. The van der Waals surface area contributed by atoms with Crippen molar-refractivity contribution in [2.24, 2.45) is 17.3 Å². The lowest BCUT2D eigenvalue weighted by atomic mass is 9.66. The normalized spacial score (nSPS) is 46.8. The molecule has 7 rings (SSSR count). The van der Waals surface area contributed by atoms with Crippen LogP contribution in [0.1, 0.15) is 94.8 Å². The van der Waals surface area contributed by atoms with E-state index in [1.165, 1.54) is 24.0 Å². The highest BCUT2D eigenvalue weighted by atomic mass is 32.2. The van der Waals surface area contributed by atoms with Crippen LogP contribution in [0.15, 0.2) is 46.0 Å². The van der Waals surface area contributed by atoms with E-state index in [0.29, 0.717) is 35.7 Å². The lowest BCUT2D eigenvalue weighted by molar-refractivity contribution is -0.182. The molecular weight excluding hydrogens is 484 g/mol. The summed E-state index contributed by atoms with van der Waals surface area (Å²) in [5.74, 6) is 1.86. The average Bonchev–Trinajstić information content (AvgIpc) is 3.65. The number of nitrogens with zero attached hydrogens (tertiary/aromatic N) is 2. The molecule has 0 bridgehead atoms. The average molecular weight is 527 g/mol. The molecule has 0 radical (unpaired) electrons. The van der Waals surface area contributed by atoms with Crippen LogP contribution >= 0.6 is 0 Å². The zero-order chi connectivity index (χ0) is 25.4. The lowest BCUT2D eigenvalue weighted by Gasteiger charge is -2.57. The van der Waals surface area contributed by atoms with E-state index < -0.39 is 17.0 Å². The molecule has 0 aromatic carbocycles. The molecule has 2 aromatic rings. The summed E-state index contributed by atoms with van der Waals surface area (Å²) in [6.07, 6.45) is 16.4. The van der Waals surface area contributed by atoms with Gasteiger partial charge in [0.25, 0.3) is 0 Å². The van der Waals surface area contributed by atoms with Gasteiger partial charge in [-0.05, 0) is 81.8 Å². The number of hydrogen-bond donors (Lipinski definition) is 1. The number of piperidine rings is 4. The van der Waals surface area contributed by atoms with E-state index in [1.807, 2.05) is 12.5 Å². The molecule has 7 heterocycles. The quantitative estimate of drug-likeness (QED) is 0.546. The second-order valence-electron chi connectivity index (χ2n) is 13.2. The number of rotatable bonds is 2. The summed E-state index contributed by atoms with van der Waals surface area (Å²) in [5.41, 5.74) is 2.14. The molecule has 5 fully saturated rings. The Bertz CT molecular complexity index is 1120. The van der Waals surface area contributed by atoms with E-state index >= 15 is 0 Å². The molecule has 10 atom stereocenters. The van der Waals surface area contributed by atoms with Crippen LogP contribution in [0.3, 0.4) is 0 Å². The summed E-state index contributed by atoms with van der Waals surface area (Å²) in [5, 5.41) is 12.2. The van der Waals surface area contributed by atoms with Gasteiger partial charge in [-0.2, -0.15) is 0 Å². The van der Waals surface area contributed by atoms with Crippen molar-refractivity contribution in [1.82, 2.24) is 9.80 Å². The van der Waals surface area contributed by atoms with Gasteiger partial charge in [-0.3, -0.25) is 14.0 Å². The topological polar surface area (TPSA) is 70.1 Å². The van der Waals surface area contributed by atoms with Crippen molar-refractivity contribution in [2.45, 2.75) is 107 Å². The number of fused-ring (bicyclic) bond motifs is 2. The first-order valence-corrected chi connectivity index (χ1v) is 15.9. The molecule has 0 saturated carbocycles. The van der Waals surface area contributed by atoms with Crippen molar-refractivity contribution in [3.05, 3.63) is 48.3 Å². The first-order chi connectivity index (χ1) is 17.9. The maximum absolute atomic E-state index is 14.2. The molecule has 37 heavy (non-hydrogen) atoms. The molecule has 0 amide bonds. The number of aliphatic hydroxyl groups excluding tert-OH is 1. The smallest absolute Gasteiger partial charge is 0.114 e. The zero-order valence-corrected chi connectivity index (χ0v) is 23.1. The Morgan fingerprint density at radius 3 is 2.24 bits per heavy atom. The van der Waals surface area contributed by atoms with Crippen LogP contribution in [0.2, 0.25) is 0 Å². The van der Waals surface area contributed by atoms with Crippen LogP contribution in [-0.2, 0) is 10.8 Å². The molecule has 1 N–H and O–H groups in total. The van der Waals surface area contributed by atoms with Gasteiger partial charge in [-0.25, -0.2) is 0 Å². The minimum Gasteiger partial charge on any atom is -0.472 e. The number of furan rings is 2. The van der Waals surface area contributed by atoms with Crippen molar-refractivity contribution in [1.29, 1.82) is 0 Å². The molecule has 5 saturated heterocycles. The SMILES string of the molecule is C[C@@H]1CC[C@@H](c2ccoc2)N2C[C@]3(CC[C@@H]12)C[C@]1(CC[C@H]2[C@H](C)CC[C@@H](c4ccoc4)N2[C@@H]1O)C[S@]3=O. The summed E-state index contributed by atoms with van der Waals surface area (Å²) >= 11 is 0. The third kappa shape index (κ3) is 3.78. The number of hydrogen-bond acceptors (Lipinski definition) is 6. The summed E-state index contributed by atoms with van der Waals surface area (Å²) in [4.78, 5) is 5.11. The second kappa shape index (κ2) is 9.07. The molecular formula is C30H42N2O4S. The third-order valence-corrected chi connectivity index (χ3v) is 13.5. The fourth-order valence-electron chi connectivity index (χ4n) is 9.26. The van der Waals surface area contributed by atoms with Crippen molar-refractivity contribution >= 4 is 10.8 Å². The molecule has 7 heteroatoms. The molecule has 202 valence electrons. The summed E-state index contributed by atoms with van der Waals surface area (Å²) in [6.45, 7) is 5.62. The van der Waals surface area contributed by atoms with E-state index in [0.717, 1.165) is 51.5 Å². The fourth-order valence-corrected chi connectivity index (χ4v) is 11.6. The van der Waals surface area contributed by atoms with Gasteiger partial charge in [-0.15, -0.1) is 0 Å². The van der Waals surface area contributed by atoms with E-state index in [1.54, 1.807) is 12.5 Å². The standard InChI is InChI=1S/C30H42N2O4S/c1-20-3-5-26(22-9-13-35-15-22)31-18-30(12-8-24(20)31)17-29(19-37(30)34)11-7-25-21(2)4-6-27(32(25)28(29)33)23-10-14-36-16-23/h9-10,13-16,20-21,24-28,33H,3-8,11-12,17-19H2,1-2H3/t20-,21-,24+,25+,26+,27+,28-,29-,30+,37-/m1/s1. The molecule has 6 nitrogen and oxygen atoms in total. The first kappa shape index (κ1) is 24.6. The van der Waals surface area contributed by atoms with Gasteiger partial charge in [0.2, 0.25) is 0 Å². The Hall–Kier alpha value is -1.41. The molecule has 5 aliphatic rings. The molecule has 2 spiro atoms. The highest BCUT2D eigenvalue weighted by Crippen LogP contribution is 2.58. The Balaban J connectivity index is 1.19. The van der Waals surface area contributed by atoms with Gasteiger partial charge >= 0.3 is 0 Å². The zero-order valence-electron chi connectivity index (χ0n) is 22.3. The van der Waals surface area contributed by atoms with Gasteiger partial charge in [-0.1, -0.05) is 13.8 Å². The van der Waals surface area contributed by atoms with Gasteiger partial charge in [0.15, 0.2) is 0 Å².